The second-order valence-corrected chi connectivity index (χ2v) is 2.38. The highest BCUT2D eigenvalue weighted by Gasteiger charge is 1.98. The molecule has 0 aliphatic heterocycles. The van der Waals surface area contributed by atoms with E-state index in [4.69, 9.17) is 5.73 Å². The van der Waals surface area contributed by atoms with Gasteiger partial charge in [0.05, 0.1) is 12.8 Å². The number of anilines is 1. The van der Waals surface area contributed by atoms with Crippen LogP contribution in [0.4, 0.5) is 10.1 Å². The molecule has 4 heteroatoms. The Kier molecular flexibility index (Phi) is 3.01. The van der Waals surface area contributed by atoms with Gasteiger partial charge in [0.2, 0.25) is 0 Å². The summed E-state index contributed by atoms with van der Waals surface area (Å²) >= 11 is 0. The predicted octanol–water partition coefficient (Wildman–Crippen LogP) is 1.06. The van der Waals surface area contributed by atoms with Gasteiger partial charge in [-0.3, -0.25) is 0 Å². The van der Waals surface area contributed by atoms with Gasteiger partial charge in [0.25, 0.3) is 0 Å². The summed E-state index contributed by atoms with van der Waals surface area (Å²) in [5.41, 5.74) is 9.02. The second kappa shape index (κ2) is 4.04. The first-order valence-electron chi connectivity index (χ1n) is 3.54. The lowest BCUT2D eigenvalue weighted by Crippen LogP contribution is -2.11. The first kappa shape index (κ1) is 8.96. The molecule has 12 heavy (non-hydrogen) atoms. The van der Waals surface area contributed by atoms with Gasteiger partial charge in [-0.25, -0.2) is 4.39 Å². The van der Waals surface area contributed by atoms with Crippen molar-refractivity contribution in [3.05, 3.63) is 29.6 Å². The van der Waals surface area contributed by atoms with Gasteiger partial charge in [0.1, 0.15) is 5.82 Å². The molecule has 0 aromatic heterocycles. The Bertz CT molecular complexity index is 265. The molecule has 1 aromatic rings. The van der Waals surface area contributed by atoms with Gasteiger partial charge >= 0.3 is 0 Å². The minimum atomic E-state index is -0.392. The third-order valence-corrected chi connectivity index (χ3v) is 1.48. The molecule has 66 valence electrons. The number of nitrogen functional groups attached to an aromatic ring is 1. The van der Waals surface area contributed by atoms with Crippen LogP contribution in [-0.2, 0) is 11.4 Å². The zero-order chi connectivity index (χ0) is 8.97. The van der Waals surface area contributed by atoms with Crippen LogP contribution in [0.25, 0.3) is 0 Å². The maximum absolute atomic E-state index is 12.6. The van der Waals surface area contributed by atoms with Crippen molar-refractivity contribution in [2.45, 2.75) is 6.54 Å². The van der Waals surface area contributed by atoms with Crippen molar-refractivity contribution in [3.63, 3.8) is 0 Å². The fourth-order valence-electron chi connectivity index (χ4n) is 0.859. The summed E-state index contributed by atoms with van der Waals surface area (Å²) in [4.78, 5) is 4.63. The molecule has 0 atom stereocenters. The minimum Gasteiger partial charge on any atom is -0.396 e. The molecule has 0 saturated carbocycles. The van der Waals surface area contributed by atoms with Gasteiger partial charge in [-0.05, 0) is 17.7 Å². The molecule has 0 heterocycles. The third kappa shape index (κ3) is 2.18. The van der Waals surface area contributed by atoms with Gasteiger partial charge in [0.15, 0.2) is 0 Å². The van der Waals surface area contributed by atoms with Crippen LogP contribution in [0.2, 0.25) is 0 Å². The number of benzene rings is 1. The van der Waals surface area contributed by atoms with Crippen LogP contribution >= 0.6 is 0 Å². The maximum atomic E-state index is 12.6. The highest BCUT2D eigenvalue weighted by atomic mass is 19.1. The Labute approximate surface area is 70.3 Å². The van der Waals surface area contributed by atoms with E-state index in [1.54, 1.807) is 12.1 Å². The lowest BCUT2D eigenvalue weighted by molar-refractivity contribution is 0.0867. The standard InChI is InChI=1S/C8H11FN2O/c1-12-11-5-6-2-3-7(9)8(10)4-6/h2-4,11H,5,10H2,1H3. The summed E-state index contributed by atoms with van der Waals surface area (Å²) in [5.74, 6) is -0.392. The number of halogens is 1. The highest BCUT2D eigenvalue weighted by molar-refractivity contribution is 5.42. The largest absolute Gasteiger partial charge is 0.396 e. The fraction of sp³-hybridized carbons (Fsp3) is 0.250. The normalized spacial score (nSPS) is 10.2. The number of hydrogen-bond donors (Lipinski definition) is 2. The van der Waals surface area contributed by atoms with Crippen molar-refractivity contribution < 1.29 is 9.23 Å². The predicted molar refractivity (Wildman–Crippen MR) is 44.7 cm³/mol. The maximum Gasteiger partial charge on any atom is 0.146 e. The Morgan fingerprint density at radius 2 is 2.33 bits per heavy atom. The van der Waals surface area contributed by atoms with Gasteiger partial charge in [0, 0.05) is 6.54 Å². The molecule has 0 amide bonds. The quantitative estimate of drug-likeness (QED) is 0.526. The van der Waals surface area contributed by atoms with E-state index in [-0.39, 0.29) is 5.69 Å². The van der Waals surface area contributed by atoms with Crippen molar-refractivity contribution in [1.82, 2.24) is 5.48 Å². The van der Waals surface area contributed by atoms with Crippen molar-refractivity contribution in [2.75, 3.05) is 12.8 Å². The fourth-order valence-corrected chi connectivity index (χ4v) is 0.859. The Morgan fingerprint density at radius 1 is 1.58 bits per heavy atom. The first-order chi connectivity index (χ1) is 5.74. The SMILES string of the molecule is CONCc1ccc(F)c(N)c1. The zero-order valence-corrected chi connectivity index (χ0v) is 6.80. The Hall–Kier alpha value is -1.13. The molecular formula is C8H11FN2O. The van der Waals surface area contributed by atoms with E-state index < -0.39 is 5.82 Å². The first-order valence-corrected chi connectivity index (χ1v) is 3.54. The second-order valence-electron chi connectivity index (χ2n) is 2.38. The van der Waals surface area contributed by atoms with E-state index in [9.17, 15) is 4.39 Å². The zero-order valence-electron chi connectivity index (χ0n) is 6.80. The highest BCUT2D eigenvalue weighted by Crippen LogP contribution is 2.11. The minimum absolute atomic E-state index is 0.158. The number of rotatable bonds is 3. The van der Waals surface area contributed by atoms with Crippen molar-refractivity contribution in [1.29, 1.82) is 0 Å². The van der Waals surface area contributed by atoms with Crippen LogP contribution in [0.1, 0.15) is 5.56 Å². The molecule has 1 rings (SSSR count). The van der Waals surface area contributed by atoms with Gasteiger partial charge in [-0.15, -0.1) is 0 Å². The summed E-state index contributed by atoms with van der Waals surface area (Å²) in [6.45, 7) is 0.515. The molecule has 0 saturated heterocycles. The van der Waals surface area contributed by atoms with Gasteiger partial charge < -0.3 is 10.6 Å². The van der Waals surface area contributed by atoms with Gasteiger partial charge in [-0.2, -0.15) is 5.48 Å². The molecule has 0 fully saturated rings. The number of nitrogens with two attached hydrogens (primary N) is 1. The average molecular weight is 170 g/mol. The molecule has 3 nitrogen and oxygen atoms in total. The summed E-state index contributed by atoms with van der Waals surface area (Å²) in [6.07, 6.45) is 0. The van der Waals surface area contributed by atoms with Gasteiger partial charge in [-0.1, -0.05) is 6.07 Å². The molecule has 3 N–H and O–H groups in total. The topological polar surface area (TPSA) is 47.3 Å². The third-order valence-electron chi connectivity index (χ3n) is 1.48. The Morgan fingerprint density at radius 3 is 2.92 bits per heavy atom. The molecule has 0 aliphatic rings. The molecular weight excluding hydrogens is 159 g/mol. The summed E-state index contributed by atoms with van der Waals surface area (Å²) in [7, 11) is 1.52. The van der Waals surface area contributed by atoms with Crippen LogP contribution in [0.3, 0.4) is 0 Å². The van der Waals surface area contributed by atoms with Crippen LogP contribution in [0.15, 0.2) is 18.2 Å². The molecule has 0 radical (unpaired) electrons. The number of hydrogen-bond acceptors (Lipinski definition) is 3. The Balaban J connectivity index is 2.69. The summed E-state index contributed by atoms with van der Waals surface area (Å²) in [6, 6.07) is 4.56. The molecule has 1 aromatic carbocycles. The summed E-state index contributed by atoms with van der Waals surface area (Å²) < 4.78 is 12.6. The number of nitrogens with one attached hydrogen (secondary N) is 1. The van der Waals surface area contributed by atoms with Crippen molar-refractivity contribution in [2.24, 2.45) is 0 Å². The van der Waals surface area contributed by atoms with E-state index in [1.165, 1.54) is 13.2 Å². The lowest BCUT2D eigenvalue weighted by Gasteiger charge is -2.03. The molecule has 0 unspecified atom stereocenters. The van der Waals surface area contributed by atoms with Crippen LogP contribution in [-0.4, -0.2) is 7.11 Å². The molecule has 0 aliphatic carbocycles. The smallest absolute Gasteiger partial charge is 0.146 e. The number of hydroxylamine groups is 1. The van der Waals surface area contributed by atoms with Crippen molar-refractivity contribution >= 4 is 5.69 Å². The van der Waals surface area contributed by atoms with Crippen LogP contribution < -0.4 is 11.2 Å². The molecule has 0 bridgehead atoms. The van der Waals surface area contributed by atoms with E-state index >= 15 is 0 Å². The van der Waals surface area contributed by atoms with Crippen LogP contribution in [0, 0.1) is 5.82 Å². The van der Waals surface area contributed by atoms with E-state index in [2.05, 4.69) is 10.3 Å². The van der Waals surface area contributed by atoms with E-state index in [0.29, 0.717) is 6.54 Å². The monoisotopic (exact) mass is 170 g/mol. The lowest BCUT2D eigenvalue weighted by atomic mass is 10.2. The van der Waals surface area contributed by atoms with E-state index in [1.807, 2.05) is 0 Å². The molecule has 0 spiro atoms. The van der Waals surface area contributed by atoms with Crippen LogP contribution in [0.5, 0.6) is 0 Å². The summed E-state index contributed by atoms with van der Waals surface area (Å²) in [5, 5.41) is 0. The average Bonchev–Trinajstić information content (AvgIpc) is 2.07. The van der Waals surface area contributed by atoms with E-state index in [0.717, 1.165) is 5.56 Å². The van der Waals surface area contributed by atoms with Crippen molar-refractivity contribution in [3.8, 4) is 0 Å².